The van der Waals surface area contributed by atoms with Crippen LogP contribution in [0, 0.1) is 5.92 Å². The van der Waals surface area contributed by atoms with Gasteiger partial charge in [0.2, 0.25) is 0 Å². The maximum Gasteiger partial charge on any atom is 0.0577 e. The zero-order chi connectivity index (χ0) is 6.85. The van der Waals surface area contributed by atoms with Gasteiger partial charge in [0.1, 0.15) is 0 Å². The quantitative estimate of drug-likeness (QED) is 0.597. The molecule has 2 nitrogen and oxygen atoms in total. The molecule has 0 radical (unpaired) electrons. The van der Waals surface area contributed by atoms with Crippen LogP contribution in [0.4, 0.5) is 0 Å². The van der Waals surface area contributed by atoms with Crippen molar-refractivity contribution >= 4 is 0 Å². The second-order valence-corrected chi connectivity index (χ2v) is 2.95. The minimum Gasteiger partial charge on any atom is -0.381 e. The Morgan fingerprint density at radius 3 is 2.44 bits per heavy atom. The van der Waals surface area contributed by atoms with Gasteiger partial charge in [0.25, 0.3) is 0 Å². The third kappa shape index (κ3) is 1.43. The summed E-state index contributed by atoms with van der Waals surface area (Å²) >= 11 is 0. The van der Waals surface area contributed by atoms with Crippen molar-refractivity contribution in [2.75, 3.05) is 7.11 Å². The molecule has 0 heterocycles. The van der Waals surface area contributed by atoms with E-state index in [0.29, 0.717) is 12.1 Å². The summed E-state index contributed by atoms with van der Waals surface area (Å²) in [4.78, 5) is 0. The monoisotopic (exact) mass is 129 g/mol. The largest absolute Gasteiger partial charge is 0.381 e. The average molecular weight is 129 g/mol. The van der Waals surface area contributed by atoms with E-state index >= 15 is 0 Å². The van der Waals surface area contributed by atoms with Crippen LogP contribution in [0.1, 0.15) is 19.8 Å². The van der Waals surface area contributed by atoms with Gasteiger partial charge in [-0.25, -0.2) is 0 Å². The van der Waals surface area contributed by atoms with Crippen molar-refractivity contribution in [2.24, 2.45) is 11.7 Å². The number of hydrogen-bond donors (Lipinski definition) is 1. The van der Waals surface area contributed by atoms with Gasteiger partial charge < -0.3 is 10.5 Å². The molecule has 0 aromatic carbocycles. The van der Waals surface area contributed by atoms with Crippen LogP contribution in [0.15, 0.2) is 0 Å². The third-order valence-electron chi connectivity index (χ3n) is 2.21. The SMILES string of the molecule is COC1CC(C(C)N)C1. The predicted octanol–water partition coefficient (Wildman–Crippen LogP) is 0.759. The lowest BCUT2D eigenvalue weighted by molar-refractivity contribution is -0.00548. The molecule has 1 saturated carbocycles. The number of nitrogens with two attached hydrogens (primary N) is 1. The van der Waals surface area contributed by atoms with Crippen LogP contribution >= 0.6 is 0 Å². The number of ether oxygens (including phenoxy) is 1. The smallest absolute Gasteiger partial charge is 0.0577 e. The van der Waals surface area contributed by atoms with Crippen LogP contribution in [0.25, 0.3) is 0 Å². The van der Waals surface area contributed by atoms with Crippen LogP contribution in [-0.2, 0) is 4.74 Å². The van der Waals surface area contributed by atoms with Crippen molar-refractivity contribution in [3.63, 3.8) is 0 Å². The Morgan fingerprint density at radius 1 is 1.56 bits per heavy atom. The molecule has 2 N–H and O–H groups in total. The van der Waals surface area contributed by atoms with Crippen molar-refractivity contribution in [2.45, 2.75) is 31.9 Å². The van der Waals surface area contributed by atoms with Crippen molar-refractivity contribution in [1.29, 1.82) is 0 Å². The first-order chi connectivity index (χ1) is 4.24. The molecule has 0 aromatic rings. The Kier molecular flexibility index (Phi) is 2.09. The Bertz CT molecular complexity index is 86.9. The van der Waals surface area contributed by atoms with E-state index in [1.165, 1.54) is 0 Å². The first-order valence-electron chi connectivity index (χ1n) is 3.52. The molecule has 0 aliphatic heterocycles. The van der Waals surface area contributed by atoms with E-state index in [0.717, 1.165) is 18.8 Å². The molecule has 54 valence electrons. The van der Waals surface area contributed by atoms with Crippen molar-refractivity contribution < 1.29 is 4.74 Å². The minimum absolute atomic E-state index is 0.358. The van der Waals surface area contributed by atoms with E-state index in [2.05, 4.69) is 6.92 Å². The molecular weight excluding hydrogens is 114 g/mol. The molecule has 0 saturated heterocycles. The molecular formula is C7H15NO. The van der Waals surface area contributed by atoms with Gasteiger partial charge in [0, 0.05) is 13.2 Å². The lowest BCUT2D eigenvalue weighted by atomic mass is 9.78. The van der Waals surface area contributed by atoms with E-state index < -0.39 is 0 Å². The number of methoxy groups -OCH3 is 1. The van der Waals surface area contributed by atoms with Crippen molar-refractivity contribution in [1.82, 2.24) is 0 Å². The summed E-state index contributed by atoms with van der Waals surface area (Å²) in [6, 6.07) is 0.358. The fourth-order valence-corrected chi connectivity index (χ4v) is 1.23. The van der Waals surface area contributed by atoms with Gasteiger partial charge in [0.05, 0.1) is 6.10 Å². The molecule has 0 bridgehead atoms. The van der Waals surface area contributed by atoms with Gasteiger partial charge in [0.15, 0.2) is 0 Å². The lowest BCUT2D eigenvalue weighted by Gasteiger charge is -2.36. The highest BCUT2D eigenvalue weighted by Crippen LogP contribution is 2.31. The summed E-state index contributed by atoms with van der Waals surface area (Å²) in [6.45, 7) is 2.07. The zero-order valence-electron chi connectivity index (χ0n) is 6.13. The van der Waals surface area contributed by atoms with Gasteiger partial charge in [-0.1, -0.05) is 0 Å². The number of hydrogen-bond acceptors (Lipinski definition) is 2. The molecule has 1 unspecified atom stereocenters. The van der Waals surface area contributed by atoms with E-state index in [1.54, 1.807) is 7.11 Å². The maximum absolute atomic E-state index is 5.66. The highest BCUT2D eigenvalue weighted by Gasteiger charge is 2.31. The normalized spacial score (nSPS) is 37.7. The van der Waals surface area contributed by atoms with Gasteiger partial charge in [-0.2, -0.15) is 0 Å². The van der Waals surface area contributed by atoms with Crippen LogP contribution in [0.5, 0.6) is 0 Å². The van der Waals surface area contributed by atoms with Crippen LogP contribution in [0.3, 0.4) is 0 Å². The van der Waals surface area contributed by atoms with Crippen molar-refractivity contribution in [3.05, 3.63) is 0 Å². The topological polar surface area (TPSA) is 35.2 Å². The predicted molar refractivity (Wildman–Crippen MR) is 37.2 cm³/mol. The fraction of sp³-hybridized carbons (Fsp3) is 1.00. The van der Waals surface area contributed by atoms with E-state index in [4.69, 9.17) is 10.5 Å². The zero-order valence-corrected chi connectivity index (χ0v) is 6.13. The van der Waals surface area contributed by atoms with Gasteiger partial charge in [-0.15, -0.1) is 0 Å². The van der Waals surface area contributed by atoms with Crippen LogP contribution < -0.4 is 5.73 Å². The fourth-order valence-electron chi connectivity index (χ4n) is 1.23. The highest BCUT2D eigenvalue weighted by molar-refractivity contribution is 4.84. The second-order valence-electron chi connectivity index (χ2n) is 2.95. The summed E-state index contributed by atoms with van der Waals surface area (Å²) < 4.78 is 5.11. The molecule has 1 aliphatic carbocycles. The first kappa shape index (κ1) is 7.03. The Labute approximate surface area is 56.4 Å². The highest BCUT2D eigenvalue weighted by atomic mass is 16.5. The number of rotatable bonds is 2. The van der Waals surface area contributed by atoms with Crippen molar-refractivity contribution in [3.8, 4) is 0 Å². The molecule has 0 amide bonds. The summed E-state index contributed by atoms with van der Waals surface area (Å²) in [5.74, 6) is 0.718. The molecule has 1 fully saturated rings. The summed E-state index contributed by atoms with van der Waals surface area (Å²) in [6.07, 6.45) is 2.82. The van der Waals surface area contributed by atoms with Gasteiger partial charge in [-0.05, 0) is 25.7 Å². The Morgan fingerprint density at radius 2 is 2.11 bits per heavy atom. The average Bonchev–Trinajstić information content (AvgIpc) is 1.61. The molecule has 1 aliphatic rings. The van der Waals surface area contributed by atoms with E-state index in [1.807, 2.05) is 0 Å². The maximum atomic E-state index is 5.66. The van der Waals surface area contributed by atoms with E-state index in [9.17, 15) is 0 Å². The molecule has 1 rings (SSSR count). The standard InChI is InChI=1S/C7H15NO/c1-5(8)6-3-7(4-6)9-2/h5-7H,3-4,8H2,1-2H3. The molecule has 0 aromatic heterocycles. The Balaban J connectivity index is 2.12. The summed E-state index contributed by atoms with van der Waals surface area (Å²) in [5, 5.41) is 0. The molecule has 0 spiro atoms. The molecule has 1 atom stereocenters. The first-order valence-corrected chi connectivity index (χ1v) is 3.52. The summed E-state index contributed by atoms with van der Waals surface area (Å²) in [5.41, 5.74) is 5.66. The van der Waals surface area contributed by atoms with Gasteiger partial charge >= 0.3 is 0 Å². The summed E-state index contributed by atoms with van der Waals surface area (Å²) in [7, 11) is 1.77. The molecule has 2 heteroatoms. The van der Waals surface area contributed by atoms with Crippen LogP contribution in [-0.4, -0.2) is 19.3 Å². The minimum atomic E-state index is 0.358. The lowest BCUT2D eigenvalue weighted by Crippen LogP contribution is -2.40. The van der Waals surface area contributed by atoms with Gasteiger partial charge in [-0.3, -0.25) is 0 Å². The van der Waals surface area contributed by atoms with E-state index in [-0.39, 0.29) is 0 Å². The second kappa shape index (κ2) is 2.67. The third-order valence-corrected chi connectivity index (χ3v) is 2.21. The molecule has 9 heavy (non-hydrogen) atoms. The van der Waals surface area contributed by atoms with Crippen LogP contribution in [0.2, 0.25) is 0 Å². The Hall–Kier alpha value is -0.0800.